The van der Waals surface area contributed by atoms with Gasteiger partial charge in [0.2, 0.25) is 0 Å². The summed E-state index contributed by atoms with van der Waals surface area (Å²) in [7, 11) is 0. The topological polar surface area (TPSA) is 43.4 Å². The van der Waals surface area contributed by atoms with Crippen molar-refractivity contribution >= 4 is 12.3 Å². The van der Waals surface area contributed by atoms with Crippen LogP contribution in [0.15, 0.2) is 0 Å². The molecule has 0 aliphatic heterocycles. The zero-order chi connectivity index (χ0) is 5.70. The Morgan fingerprint density at radius 2 is 2.11 bits per heavy atom. The quantitative estimate of drug-likeness (QED) is 0.474. The molecule has 0 saturated heterocycles. The minimum Gasteiger partial charge on any atom is -0.539 e. The third kappa shape index (κ3) is 17.8. The van der Waals surface area contributed by atoms with Crippen LogP contribution in [0.2, 0.25) is 0 Å². The Morgan fingerprint density at radius 1 is 1.67 bits per heavy atom. The van der Waals surface area contributed by atoms with Gasteiger partial charge in [0.25, 0.3) is 5.97 Å². The van der Waals surface area contributed by atoms with E-state index in [9.17, 15) is 9.59 Å². The Bertz CT molecular complexity index is 82.3. The van der Waals surface area contributed by atoms with E-state index >= 15 is 0 Å². The van der Waals surface area contributed by atoms with Gasteiger partial charge in [-0.15, -0.1) is 0 Å². The average molecular weight is 205 g/mol. The fraction of sp³-hybridized carbons (Fsp3) is 0.400. The number of esters is 1. The van der Waals surface area contributed by atoms with Gasteiger partial charge in [0.1, 0.15) is 0 Å². The number of ether oxygens (including phenoxy) is 1. The van der Waals surface area contributed by atoms with Crippen molar-refractivity contribution in [1.82, 2.24) is 0 Å². The molecule has 0 aromatic rings. The van der Waals surface area contributed by atoms with Crippen molar-refractivity contribution in [1.29, 1.82) is 0 Å². The molecular formula is C5H8O3Y-2. The molecule has 0 aromatic carbocycles. The van der Waals surface area contributed by atoms with Crippen LogP contribution in [-0.4, -0.2) is 18.9 Å². The molecule has 0 spiro atoms. The van der Waals surface area contributed by atoms with E-state index in [4.69, 9.17) is 0 Å². The summed E-state index contributed by atoms with van der Waals surface area (Å²) < 4.78 is 4.13. The van der Waals surface area contributed by atoms with Crippen molar-refractivity contribution in [2.45, 2.75) is 6.92 Å². The second-order valence-electron chi connectivity index (χ2n) is 0.925. The SMILES string of the molecule is CC(=O)OC[C-]=O.[CH3-].[Y]. The number of hydrogen-bond acceptors (Lipinski definition) is 3. The van der Waals surface area contributed by atoms with Gasteiger partial charge < -0.3 is 17.0 Å². The fourth-order valence-corrected chi connectivity index (χ4v) is 0.131. The van der Waals surface area contributed by atoms with Crippen LogP contribution in [0.3, 0.4) is 0 Å². The average Bonchev–Trinajstić information content (AvgIpc) is 1.61. The first-order chi connectivity index (χ1) is 3.27. The van der Waals surface area contributed by atoms with Crippen molar-refractivity contribution in [2.75, 3.05) is 6.61 Å². The van der Waals surface area contributed by atoms with Crippen LogP contribution >= 0.6 is 0 Å². The van der Waals surface area contributed by atoms with Gasteiger partial charge in [-0.05, 0) is 6.61 Å². The van der Waals surface area contributed by atoms with Crippen molar-refractivity contribution in [2.24, 2.45) is 0 Å². The van der Waals surface area contributed by atoms with Crippen LogP contribution in [0, 0.1) is 7.43 Å². The molecule has 0 heterocycles. The second kappa shape index (κ2) is 11.1. The molecule has 3 nitrogen and oxygen atoms in total. The summed E-state index contributed by atoms with van der Waals surface area (Å²) in [5.74, 6) is -0.455. The molecule has 0 amide bonds. The van der Waals surface area contributed by atoms with Crippen molar-refractivity contribution in [3.05, 3.63) is 7.43 Å². The maximum absolute atomic E-state index is 9.80. The summed E-state index contributed by atoms with van der Waals surface area (Å²) in [5.41, 5.74) is 0. The second-order valence-corrected chi connectivity index (χ2v) is 0.925. The van der Waals surface area contributed by atoms with E-state index in [0.717, 1.165) is 0 Å². The maximum atomic E-state index is 9.80. The summed E-state index contributed by atoms with van der Waals surface area (Å²) in [6.45, 7) is 0.979. The van der Waals surface area contributed by atoms with E-state index in [0.29, 0.717) is 0 Å². The summed E-state index contributed by atoms with van der Waals surface area (Å²) in [5, 5.41) is 0. The number of carbonyl (C=O) groups excluding carboxylic acids is 2. The molecule has 0 unspecified atom stereocenters. The van der Waals surface area contributed by atoms with Crippen LogP contribution in [0.25, 0.3) is 0 Å². The van der Waals surface area contributed by atoms with Gasteiger partial charge >= 0.3 is 0 Å². The molecule has 0 aliphatic rings. The van der Waals surface area contributed by atoms with Crippen molar-refractivity contribution in [3.8, 4) is 0 Å². The van der Waals surface area contributed by atoms with Gasteiger partial charge in [0.05, 0.1) is 0 Å². The molecule has 1 radical (unpaired) electrons. The first kappa shape index (κ1) is 16.1. The molecule has 51 valence electrons. The molecule has 0 aromatic heterocycles. The summed E-state index contributed by atoms with van der Waals surface area (Å²) >= 11 is 0. The molecule has 9 heavy (non-hydrogen) atoms. The molecule has 0 bridgehead atoms. The van der Waals surface area contributed by atoms with Crippen LogP contribution < -0.4 is 0 Å². The minimum atomic E-state index is -0.455. The van der Waals surface area contributed by atoms with E-state index in [2.05, 4.69) is 4.74 Å². The maximum Gasteiger partial charge on any atom is 0.300 e. The predicted octanol–water partition coefficient (Wildman–Crippen LogP) is 0.107. The van der Waals surface area contributed by atoms with Crippen LogP contribution in [0.5, 0.6) is 0 Å². The van der Waals surface area contributed by atoms with E-state index < -0.39 is 5.97 Å². The van der Waals surface area contributed by atoms with Crippen LogP contribution in [0.1, 0.15) is 6.92 Å². The fourth-order valence-electron chi connectivity index (χ4n) is 0.131. The molecule has 0 N–H and O–H groups in total. The molecule has 4 heteroatoms. The zero-order valence-electron chi connectivity index (χ0n) is 5.51. The minimum absolute atomic E-state index is 0. The van der Waals surface area contributed by atoms with E-state index in [1.165, 1.54) is 13.2 Å². The Morgan fingerprint density at radius 3 is 2.22 bits per heavy atom. The summed E-state index contributed by atoms with van der Waals surface area (Å²) in [6, 6.07) is 0. The first-order valence-corrected chi connectivity index (χ1v) is 1.75. The van der Waals surface area contributed by atoms with E-state index in [1.807, 2.05) is 0 Å². The van der Waals surface area contributed by atoms with Gasteiger partial charge in [-0.3, -0.25) is 4.79 Å². The van der Waals surface area contributed by atoms with Gasteiger partial charge in [-0.2, -0.15) is 0 Å². The monoisotopic (exact) mass is 205 g/mol. The normalized spacial score (nSPS) is 5.89. The number of hydrogen-bond donors (Lipinski definition) is 0. The summed E-state index contributed by atoms with van der Waals surface area (Å²) in [4.78, 5) is 19.1. The third-order valence-electron chi connectivity index (χ3n) is 0.334. The molecule has 0 rings (SSSR count). The third-order valence-corrected chi connectivity index (χ3v) is 0.334. The molecular weight excluding hydrogens is 197 g/mol. The Balaban J connectivity index is -0.000000180. The number of rotatable bonds is 2. The van der Waals surface area contributed by atoms with E-state index in [1.54, 1.807) is 0 Å². The largest absolute Gasteiger partial charge is 0.539 e. The zero-order valence-corrected chi connectivity index (χ0v) is 8.35. The molecule has 0 aliphatic carbocycles. The van der Waals surface area contributed by atoms with Crippen LogP contribution in [-0.2, 0) is 47.0 Å². The van der Waals surface area contributed by atoms with Crippen molar-refractivity contribution in [3.63, 3.8) is 0 Å². The molecule has 0 saturated carbocycles. The number of carbonyl (C=O) groups is 1. The Labute approximate surface area is 80.0 Å². The van der Waals surface area contributed by atoms with Crippen LogP contribution in [0.4, 0.5) is 0 Å². The Kier molecular flexibility index (Phi) is 19.9. The first-order valence-electron chi connectivity index (χ1n) is 1.75. The molecule has 0 fully saturated rings. The Hall–Kier alpha value is 0.244. The van der Waals surface area contributed by atoms with E-state index in [-0.39, 0.29) is 46.7 Å². The standard InChI is InChI=1S/C4H5O3.CH3.Y/c1-4(6)7-3-2-5;;/h3H2,1H3;1H3;/q2*-1;. The summed E-state index contributed by atoms with van der Waals surface area (Å²) in [6.07, 6.45) is 1.41. The van der Waals surface area contributed by atoms with Gasteiger partial charge in [0.15, 0.2) is 0 Å². The van der Waals surface area contributed by atoms with Gasteiger partial charge in [-0.25, -0.2) is 6.29 Å². The van der Waals surface area contributed by atoms with Gasteiger partial charge in [0, 0.05) is 39.6 Å². The van der Waals surface area contributed by atoms with Crippen molar-refractivity contribution < 1.29 is 47.0 Å². The predicted molar refractivity (Wildman–Crippen MR) is 28.7 cm³/mol. The molecule has 0 atom stereocenters. The van der Waals surface area contributed by atoms with Gasteiger partial charge in [-0.1, -0.05) is 0 Å². The smallest absolute Gasteiger partial charge is 0.300 e.